The van der Waals surface area contributed by atoms with Gasteiger partial charge in [-0.1, -0.05) is 116 Å². The highest BCUT2D eigenvalue weighted by atomic mass is 16.7. The maximum Gasteiger partial charge on any atom is 0.220 e. The summed E-state index contributed by atoms with van der Waals surface area (Å²) in [5.41, 5.74) is 6.36. The van der Waals surface area contributed by atoms with Crippen molar-refractivity contribution in [3.63, 3.8) is 0 Å². The molecule has 0 aliphatic carbocycles. The number of hydrogen-bond donors (Lipinski definition) is 3. The van der Waals surface area contributed by atoms with Crippen LogP contribution >= 0.6 is 0 Å². The second-order valence-electron chi connectivity index (χ2n) is 12.8. The first-order chi connectivity index (χ1) is 23.9. The Bertz CT molecular complexity index is 1520. The number of nitrogens with one attached hydrogen (secondary N) is 2. The van der Waals surface area contributed by atoms with Crippen molar-refractivity contribution in [2.24, 2.45) is 0 Å². The molecule has 3 N–H and O–H groups in total. The molecule has 4 aromatic rings. The molecule has 1 saturated heterocycles. The van der Waals surface area contributed by atoms with Crippen molar-refractivity contribution in [3.05, 3.63) is 143 Å². The lowest BCUT2D eigenvalue weighted by Gasteiger charge is -2.38. The molecule has 5 rings (SSSR count). The molecule has 0 spiro atoms. The summed E-state index contributed by atoms with van der Waals surface area (Å²) in [6.07, 6.45) is 2.90. The zero-order valence-electron chi connectivity index (χ0n) is 28.4. The maximum atomic E-state index is 12.4. The fourth-order valence-corrected chi connectivity index (χ4v) is 6.12. The number of unbranched alkanes of at least 4 members (excludes halogenated alkanes) is 2. The Hall–Kier alpha value is -4.34. The minimum absolute atomic E-state index is 0.000827. The van der Waals surface area contributed by atoms with Crippen molar-refractivity contribution >= 4 is 11.8 Å². The Morgan fingerprint density at radius 2 is 1.33 bits per heavy atom. The van der Waals surface area contributed by atoms with Crippen LogP contribution in [-0.2, 0) is 45.3 Å². The maximum absolute atomic E-state index is 12.4. The van der Waals surface area contributed by atoms with E-state index in [9.17, 15) is 14.7 Å². The summed E-state index contributed by atoms with van der Waals surface area (Å²) in [4.78, 5) is 25.8. The van der Waals surface area contributed by atoms with E-state index in [1.165, 1.54) is 18.1 Å². The van der Waals surface area contributed by atoms with E-state index < -0.39 is 6.29 Å². The monoisotopic (exact) mass is 663 g/mol. The molecule has 1 aliphatic rings. The van der Waals surface area contributed by atoms with Crippen LogP contribution < -0.4 is 10.6 Å². The predicted octanol–water partition coefficient (Wildman–Crippen LogP) is 6.74. The number of ether oxygens (including phenoxy) is 2. The molecule has 0 bridgehead atoms. The Morgan fingerprint density at radius 3 is 1.94 bits per heavy atom. The van der Waals surface area contributed by atoms with Gasteiger partial charge >= 0.3 is 0 Å². The largest absolute Gasteiger partial charge is 0.392 e. The standard InChI is InChI=1S/C41H49N3O5/c1-31(46)42-24-10-4-9-15-40(47)43-26-32-16-22-37(23-17-32)41-48-38(25-39(49-41)36-20-18-35(30-45)19-21-36)29-44(27-33-11-5-2-6-12-33)28-34-13-7-3-8-14-34/h2-3,5-8,11-14,16-23,38-39,41,45H,4,9-10,15,24-30H2,1H3,(H,42,46)(H,43,47)/t38-,39+,41+/m1/s1. The Kier molecular flexibility index (Phi) is 13.9. The van der Waals surface area contributed by atoms with Gasteiger partial charge in [-0.2, -0.15) is 0 Å². The van der Waals surface area contributed by atoms with Gasteiger partial charge in [0.1, 0.15) is 0 Å². The van der Waals surface area contributed by atoms with E-state index in [1.54, 1.807) is 0 Å². The summed E-state index contributed by atoms with van der Waals surface area (Å²) in [5.74, 6) is -0.00105. The molecule has 0 saturated carbocycles. The van der Waals surface area contributed by atoms with E-state index >= 15 is 0 Å². The van der Waals surface area contributed by atoms with Gasteiger partial charge in [0.05, 0.1) is 18.8 Å². The Morgan fingerprint density at radius 1 is 0.714 bits per heavy atom. The van der Waals surface area contributed by atoms with Crippen molar-refractivity contribution in [2.75, 3.05) is 13.1 Å². The minimum Gasteiger partial charge on any atom is -0.392 e. The SMILES string of the molecule is CC(=O)NCCCCCC(=O)NCc1ccc([C@H]2O[C@@H](CN(Cc3ccccc3)Cc3ccccc3)C[C@@H](c3ccc(CO)cc3)O2)cc1. The number of amides is 2. The minimum atomic E-state index is -0.558. The molecular formula is C41H49N3O5. The van der Waals surface area contributed by atoms with Crippen LogP contribution in [0.25, 0.3) is 0 Å². The molecule has 49 heavy (non-hydrogen) atoms. The first-order valence-electron chi connectivity index (χ1n) is 17.4. The third-order valence-electron chi connectivity index (χ3n) is 8.77. The third kappa shape index (κ3) is 11.9. The van der Waals surface area contributed by atoms with Crippen LogP contribution in [0.4, 0.5) is 0 Å². The van der Waals surface area contributed by atoms with Crippen LogP contribution in [0.15, 0.2) is 109 Å². The van der Waals surface area contributed by atoms with Crippen molar-refractivity contribution in [1.29, 1.82) is 0 Å². The number of carbonyl (C=O) groups excluding carboxylic acids is 2. The summed E-state index contributed by atoms with van der Waals surface area (Å²) in [7, 11) is 0. The van der Waals surface area contributed by atoms with Gasteiger partial charge < -0.3 is 25.2 Å². The van der Waals surface area contributed by atoms with Gasteiger partial charge in [0, 0.05) is 58.1 Å². The molecule has 0 radical (unpaired) electrons. The molecule has 258 valence electrons. The zero-order valence-corrected chi connectivity index (χ0v) is 28.4. The van der Waals surface area contributed by atoms with E-state index in [2.05, 4.69) is 64.1 Å². The molecule has 3 atom stereocenters. The smallest absolute Gasteiger partial charge is 0.220 e. The highest BCUT2D eigenvalue weighted by molar-refractivity contribution is 5.75. The molecule has 0 unspecified atom stereocenters. The van der Waals surface area contributed by atoms with Crippen LogP contribution in [0.5, 0.6) is 0 Å². The lowest BCUT2D eigenvalue weighted by Crippen LogP contribution is -2.39. The average molecular weight is 664 g/mol. The van der Waals surface area contributed by atoms with Gasteiger partial charge in [0.15, 0.2) is 6.29 Å². The summed E-state index contributed by atoms with van der Waals surface area (Å²) >= 11 is 0. The summed E-state index contributed by atoms with van der Waals surface area (Å²) < 4.78 is 13.3. The highest BCUT2D eigenvalue weighted by Crippen LogP contribution is 2.38. The second-order valence-corrected chi connectivity index (χ2v) is 12.8. The van der Waals surface area contributed by atoms with Crippen LogP contribution in [0.3, 0.4) is 0 Å². The van der Waals surface area contributed by atoms with Crippen molar-refractivity contribution < 1.29 is 24.2 Å². The topological polar surface area (TPSA) is 100 Å². The van der Waals surface area contributed by atoms with Gasteiger partial charge in [-0.3, -0.25) is 14.5 Å². The van der Waals surface area contributed by atoms with E-state index in [-0.39, 0.29) is 30.6 Å². The highest BCUT2D eigenvalue weighted by Gasteiger charge is 2.33. The van der Waals surface area contributed by atoms with E-state index in [0.29, 0.717) is 25.9 Å². The number of aliphatic hydroxyl groups is 1. The predicted molar refractivity (Wildman–Crippen MR) is 191 cm³/mol. The molecule has 1 aliphatic heterocycles. The van der Waals surface area contributed by atoms with Gasteiger partial charge in [0.25, 0.3) is 0 Å². The number of carbonyl (C=O) groups is 2. The van der Waals surface area contributed by atoms with Gasteiger partial charge in [-0.25, -0.2) is 0 Å². The molecule has 2 amide bonds. The summed E-state index contributed by atoms with van der Waals surface area (Å²) in [5, 5.41) is 15.4. The van der Waals surface area contributed by atoms with Gasteiger partial charge in [-0.15, -0.1) is 0 Å². The molecule has 8 heteroatoms. The molecule has 1 fully saturated rings. The van der Waals surface area contributed by atoms with Crippen molar-refractivity contribution in [1.82, 2.24) is 15.5 Å². The van der Waals surface area contributed by atoms with E-state index in [4.69, 9.17) is 9.47 Å². The number of benzene rings is 4. The summed E-state index contributed by atoms with van der Waals surface area (Å²) in [6.45, 7) is 4.94. The third-order valence-corrected chi connectivity index (χ3v) is 8.77. The lowest BCUT2D eigenvalue weighted by atomic mass is 9.99. The molecule has 8 nitrogen and oxygen atoms in total. The molecule has 0 aromatic heterocycles. The quantitative estimate of drug-likeness (QED) is 0.108. The number of nitrogens with zero attached hydrogens (tertiary/aromatic N) is 1. The Labute approximate surface area is 290 Å². The normalized spacial score (nSPS) is 17.5. The van der Waals surface area contributed by atoms with E-state index in [1.807, 2.05) is 60.7 Å². The lowest BCUT2D eigenvalue weighted by molar-refractivity contribution is -0.253. The molecule has 1 heterocycles. The first kappa shape index (κ1) is 36.0. The van der Waals surface area contributed by atoms with Crippen LogP contribution in [0.1, 0.15) is 84.8 Å². The first-order valence-corrected chi connectivity index (χ1v) is 17.4. The van der Waals surface area contributed by atoms with Crippen LogP contribution in [0.2, 0.25) is 0 Å². The van der Waals surface area contributed by atoms with E-state index in [0.717, 1.165) is 61.2 Å². The van der Waals surface area contributed by atoms with Crippen LogP contribution in [0, 0.1) is 0 Å². The number of aliphatic hydroxyl groups excluding tert-OH is 1. The van der Waals surface area contributed by atoms with Crippen molar-refractivity contribution in [3.8, 4) is 0 Å². The Balaban J connectivity index is 1.24. The van der Waals surface area contributed by atoms with Gasteiger partial charge in [0.2, 0.25) is 11.8 Å². The van der Waals surface area contributed by atoms with Gasteiger partial charge in [-0.05, 0) is 40.7 Å². The van der Waals surface area contributed by atoms with Crippen LogP contribution in [-0.4, -0.2) is 41.0 Å². The van der Waals surface area contributed by atoms with Crippen molar-refractivity contribution in [2.45, 2.75) is 83.8 Å². The summed E-state index contributed by atoms with van der Waals surface area (Å²) in [6, 6.07) is 37.1. The zero-order chi connectivity index (χ0) is 34.3. The molecular weight excluding hydrogens is 614 g/mol. The average Bonchev–Trinajstić information content (AvgIpc) is 3.13. The fourth-order valence-electron chi connectivity index (χ4n) is 6.12. The second kappa shape index (κ2) is 19.0. The number of rotatable bonds is 17. The molecule has 4 aromatic carbocycles. The number of hydrogen-bond acceptors (Lipinski definition) is 6. The fraction of sp³-hybridized carbons (Fsp3) is 0.366.